The highest BCUT2D eigenvalue weighted by Crippen LogP contribution is 2.52. The van der Waals surface area contributed by atoms with Crippen molar-refractivity contribution in [2.24, 2.45) is 11.3 Å². The molecule has 0 spiro atoms. The van der Waals surface area contributed by atoms with Gasteiger partial charge in [0.2, 0.25) is 0 Å². The van der Waals surface area contributed by atoms with Crippen LogP contribution in [0.5, 0.6) is 5.75 Å². The molecule has 26 heavy (non-hydrogen) atoms. The third kappa shape index (κ3) is 3.83. The van der Waals surface area contributed by atoms with Gasteiger partial charge in [0.1, 0.15) is 0 Å². The van der Waals surface area contributed by atoms with Gasteiger partial charge in [-0.05, 0) is 59.3 Å². The minimum atomic E-state index is -3.60. The van der Waals surface area contributed by atoms with Crippen LogP contribution in [0.2, 0.25) is 0 Å². The Bertz CT molecular complexity index is 832. The van der Waals surface area contributed by atoms with E-state index in [1.807, 2.05) is 19.1 Å². The lowest BCUT2D eigenvalue weighted by Gasteiger charge is -2.24. The Labute approximate surface area is 163 Å². The summed E-state index contributed by atoms with van der Waals surface area (Å²) >= 11 is 3.39. The van der Waals surface area contributed by atoms with Gasteiger partial charge in [0, 0.05) is 5.92 Å². The molecule has 142 valence electrons. The van der Waals surface area contributed by atoms with Gasteiger partial charge in [-0.1, -0.05) is 31.6 Å². The van der Waals surface area contributed by atoms with Crippen LogP contribution in [0, 0.1) is 11.3 Å². The number of carbonyl (C=O) groups is 1. The lowest BCUT2D eigenvalue weighted by atomic mass is 9.75. The molecule has 0 radical (unpaired) electrons. The lowest BCUT2D eigenvalue weighted by Crippen LogP contribution is -2.31. The highest BCUT2D eigenvalue weighted by atomic mass is 79.9. The number of benzene rings is 1. The number of esters is 1. The Hall–Kier alpha value is -1.34. The Balaban J connectivity index is 1.78. The zero-order chi connectivity index (χ0) is 18.9. The summed E-state index contributed by atoms with van der Waals surface area (Å²) in [5.74, 6) is 0.284. The van der Waals surface area contributed by atoms with Crippen LogP contribution in [-0.2, 0) is 26.1 Å². The summed E-state index contributed by atoms with van der Waals surface area (Å²) in [6.45, 7) is 6.43. The molecule has 0 amide bonds. The summed E-state index contributed by atoms with van der Waals surface area (Å²) in [6.07, 6.45) is 3.37. The molecule has 5 nitrogen and oxygen atoms in total. The standard InChI is InChI=1S/C19H23BrO5S/c1-3-4-7-26(22,23)25-17-6-5-14(9-16(17)20)11-19-10-13(2)8-15(19)12-24-18(19)21/h5-6,9,15H,2-4,7-8,10-12H2,1H3. The number of ether oxygens (including phenoxy) is 1. The number of hydrogen-bond acceptors (Lipinski definition) is 5. The van der Waals surface area contributed by atoms with Crippen LogP contribution in [0.25, 0.3) is 0 Å². The number of halogens is 1. The first-order valence-electron chi connectivity index (χ1n) is 8.80. The number of hydrogen-bond donors (Lipinski definition) is 0. The Morgan fingerprint density at radius 3 is 2.88 bits per heavy atom. The third-order valence-corrected chi connectivity index (χ3v) is 7.03. The van der Waals surface area contributed by atoms with Crippen molar-refractivity contribution in [1.29, 1.82) is 0 Å². The second-order valence-electron chi connectivity index (χ2n) is 7.22. The van der Waals surface area contributed by atoms with Gasteiger partial charge in [0.05, 0.1) is 22.2 Å². The fourth-order valence-electron chi connectivity index (χ4n) is 3.85. The van der Waals surface area contributed by atoms with Crippen LogP contribution in [0.4, 0.5) is 0 Å². The molecule has 1 heterocycles. The van der Waals surface area contributed by atoms with E-state index in [1.165, 1.54) is 0 Å². The van der Waals surface area contributed by atoms with E-state index in [-0.39, 0.29) is 23.4 Å². The number of rotatable bonds is 7. The molecule has 1 aromatic rings. The smallest absolute Gasteiger partial charge is 0.313 e. The van der Waals surface area contributed by atoms with Crippen LogP contribution in [0.1, 0.15) is 38.2 Å². The van der Waals surface area contributed by atoms with E-state index in [0.29, 0.717) is 30.3 Å². The summed E-state index contributed by atoms with van der Waals surface area (Å²) in [4.78, 5) is 12.4. The SMILES string of the molecule is C=C1CC2COC(=O)C2(Cc2ccc(OS(=O)(=O)CCCC)c(Br)c2)C1. The minimum Gasteiger partial charge on any atom is -0.465 e. The number of cyclic esters (lactones) is 1. The molecule has 0 N–H and O–H groups in total. The van der Waals surface area contributed by atoms with Crippen molar-refractivity contribution in [3.8, 4) is 5.75 Å². The number of unbranched alkanes of at least 4 members (excludes halogenated alkanes) is 1. The van der Waals surface area contributed by atoms with Crippen LogP contribution in [0.15, 0.2) is 34.8 Å². The maximum absolute atomic E-state index is 12.4. The molecule has 1 aliphatic heterocycles. The largest absolute Gasteiger partial charge is 0.465 e. The van der Waals surface area contributed by atoms with Gasteiger partial charge in [0.25, 0.3) is 0 Å². The van der Waals surface area contributed by atoms with E-state index < -0.39 is 15.5 Å². The molecule has 0 aromatic heterocycles. The van der Waals surface area contributed by atoms with E-state index in [9.17, 15) is 13.2 Å². The Morgan fingerprint density at radius 2 is 2.19 bits per heavy atom. The van der Waals surface area contributed by atoms with Crippen molar-refractivity contribution in [3.05, 3.63) is 40.4 Å². The van der Waals surface area contributed by atoms with E-state index in [4.69, 9.17) is 8.92 Å². The molecule has 2 aliphatic rings. The fourth-order valence-corrected chi connectivity index (χ4v) is 5.61. The van der Waals surface area contributed by atoms with Gasteiger partial charge in [-0.2, -0.15) is 8.42 Å². The second kappa shape index (κ2) is 7.35. The van der Waals surface area contributed by atoms with E-state index in [1.54, 1.807) is 6.07 Å². The van der Waals surface area contributed by atoms with Crippen molar-refractivity contribution < 1.29 is 22.1 Å². The zero-order valence-corrected chi connectivity index (χ0v) is 17.2. The van der Waals surface area contributed by atoms with Gasteiger partial charge in [-0.3, -0.25) is 4.79 Å². The fraction of sp³-hybridized carbons (Fsp3) is 0.526. The highest BCUT2D eigenvalue weighted by Gasteiger charge is 2.55. The Kier molecular flexibility index (Phi) is 5.49. The molecule has 1 saturated carbocycles. The molecule has 3 rings (SSSR count). The minimum absolute atomic E-state index is 0.00354. The van der Waals surface area contributed by atoms with Crippen molar-refractivity contribution in [2.75, 3.05) is 12.4 Å². The second-order valence-corrected chi connectivity index (χ2v) is 9.77. The van der Waals surface area contributed by atoms with E-state index in [0.717, 1.165) is 24.0 Å². The number of allylic oxidation sites excluding steroid dienone is 1. The topological polar surface area (TPSA) is 69.7 Å². The highest BCUT2D eigenvalue weighted by molar-refractivity contribution is 9.10. The molecule has 1 aliphatic carbocycles. The predicted octanol–water partition coefficient (Wildman–Crippen LogP) is 4.01. The monoisotopic (exact) mass is 442 g/mol. The normalized spacial score (nSPS) is 25.2. The first-order chi connectivity index (χ1) is 12.3. The molecule has 2 fully saturated rings. The van der Waals surface area contributed by atoms with Crippen molar-refractivity contribution in [2.45, 2.75) is 39.0 Å². The molecule has 1 aromatic carbocycles. The number of fused-ring (bicyclic) bond motifs is 1. The zero-order valence-electron chi connectivity index (χ0n) is 14.8. The van der Waals surface area contributed by atoms with Gasteiger partial charge in [-0.15, -0.1) is 0 Å². The van der Waals surface area contributed by atoms with E-state index in [2.05, 4.69) is 22.5 Å². The van der Waals surface area contributed by atoms with Crippen LogP contribution < -0.4 is 4.18 Å². The van der Waals surface area contributed by atoms with Crippen LogP contribution in [-0.4, -0.2) is 26.7 Å². The summed E-state index contributed by atoms with van der Waals surface area (Å²) < 4.78 is 35.0. The summed E-state index contributed by atoms with van der Waals surface area (Å²) in [7, 11) is -3.60. The molecular weight excluding hydrogens is 420 g/mol. The molecule has 7 heteroatoms. The summed E-state index contributed by atoms with van der Waals surface area (Å²) in [5.41, 5.74) is 1.49. The summed E-state index contributed by atoms with van der Waals surface area (Å²) in [5, 5.41) is 0. The van der Waals surface area contributed by atoms with Crippen molar-refractivity contribution in [3.63, 3.8) is 0 Å². The molecule has 1 saturated heterocycles. The predicted molar refractivity (Wildman–Crippen MR) is 102 cm³/mol. The molecule has 2 unspecified atom stereocenters. The maximum atomic E-state index is 12.4. The molecule has 0 bridgehead atoms. The maximum Gasteiger partial charge on any atom is 0.313 e. The molecule has 2 atom stereocenters. The Morgan fingerprint density at radius 1 is 1.42 bits per heavy atom. The lowest BCUT2D eigenvalue weighted by molar-refractivity contribution is -0.146. The third-order valence-electron chi connectivity index (χ3n) is 5.18. The first-order valence-corrected chi connectivity index (χ1v) is 11.2. The van der Waals surface area contributed by atoms with E-state index >= 15 is 0 Å². The van der Waals surface area contributed by atoms with Crippen LogP contribution >= 0.6 is 15.9 Å². The van der Waals surface area contributed by atoms with Gasteiger partial charge in [-0.25, -0.2) is 0 Å². The van der Waals surface area contributed by atoms with Crippen molar-refractivity contribution >= 4 is 32.0 Å². The van der Waals surface area contributed by atoms with Gasteiger partial charge in [0.15, 0.2) is 5.75 Å². The quantitative estimate of drug-likeness (QED) is 0.362. The molecular formula is C19H23BrO5S. The van der Waals surface area contributed by atoms with Crippen molar-refractivity contribution in [1.82, 2.24) is 0 Å². The van der Waals surface area contributed by atoms with Gasteiger partial charge >= 0.3 is 16.1 Å². The number of carbonyl (C=O) groups excluding carboxylic acids is 1. The average molecular weight is 443 g/mol. The van der Waals surface area contributed by atoms with Gasteiger partial charge < -0.3 is 8.92 Å². The average Bonchev–Trinajstić information content (AvgIpc) is 3.03. The first kappa shape index (κ1) is 19.4. The van der Waals surface area contributed by atoms with Crippen LogP contribution in [0.3, 0.4) is 0 Å². The summed E-state index contributed by atoms with van der Waals surface area (Å²) in [6, 6.07) is 5.27.